The van der Waals surface area contributed by atoms with Crippen molar-refractivity contribution < 1.29 is 8.42 Å². The van der Waals surface area contributed by atoms with Crippen molar-refractivity contribution in [2.24, 2.45) is 5.10 Å². The molecule has 3 rings (SSSR count). The summed E-state index contributed by atoms with van der Waals surface area (Å²) in [5, 5.41) is 4.12. The van der Waals surface area contributed by atoms with E-state index in [1.165, 1.54) is 0 Å². The number of nitrogens with zero attached hydrogens (tertiary/aromatic N) is 2. The van der Waals surface area contributed by atoms with Crippen LogP contribution in [-0.2, 0) is 9.84 Å². The lowest BCUT2D eigenvalue weighted by Crippen LogP contribution is -2.02. The predicted octanol–water partition coefficient (Wildman–Crippen LogP) is 3.67. The number of hydrogen-bond donors (Lipinski definition) is 1. The molecule has 0 aliphatic heterocycles. The average Bonchev–Trinajstić information content (AvgIpc) is 2.63. The standard InChI is InChI=1S/C19H17N3O2S/c1-15-2-6-18(7-3-15)25(23,24)19-8-4-17(5-9-19)22-21-14-16-10-12-20-13-11-16/h2-14,22H,1H3/b21-14-. The molecule has 25 heavy (non-hydrogen) atoms. The molecule has 0 unspecified atom stereocenters. The second-order valence-electron chi connectivity index (χ2n) is 5.49. The molecule has 1 N–H and O–H groups in total. The van der Waals surface area contributed by atoms with Gasteiger partial charge >= 0.3 is 0 Å². The first kappa shape index (κ1) is 16.9. The Morgan fingerprint density at radius 3 is 2.04 bits per heavy atom. The first-order valence-corrected chi connectivity index (χ1v) is 9.15. The van der Waals surface area contributed by atoms with E-state index < -0.39 is 9.84 Å². The molecule has 6 heteroatoms. The van der Waals surface area contributed by atoms with Crippen molar-refractivity contribution in [1.29, 1.82) is 0 Å². The van der Waals surface area contributed by atoms with E-state index in [1.54, 1.807) is 67.1 Å². The van der Waals surface area contributed by atoms with Crippen LogP contribution in [0, 0.1) is 6.92 Å². The summed E-state index contributed by atoms with van der Waals surface area (Å²) in [6.07, 6.45) is 5.04. The largest absolute Gasteiger partial charge is 0.279 e. The van der Waals surface area contributed by atoms with Crippen LogP contribution in [0.5, 0.6) is 0 Å². The van der Waals surface area contributed by atoms with Crippen LogP contribution in [-0.4, -0.2) is 19.6 Å². The zero-order valence-electron chi connectivity index (χ0n) is 13.6. The van der Waals surface area contributed by atoms with E-state index in [0.717, 1.165) is 11.1 Å². The minimum atomic E-state index is -3.51. The van der Waals surface area contributed by atoms with Crippen LogP contribution in [0.1, 0.15) is 11.1 Å². The van der Waals surface area contributed by atoms with Gasteiger partial charge in [-0.2, -0.15) is 5.10 Å². The van der Waals surface area contributed by atoms with E-state index in [4.69, 9.17) is 0 Å². The van der Waals surface area contributed by atoms with Gasteiger partial charge in [-0.3, -0.25) is 10.4 Å². The van der Waals surface area contributed by atoms with E-state index in [-0.39, 0.29) is 9.79 Å². The van der Waals surface area contributed by atoms with E-state index in [2.05, 4.69) is 15.5 Å². The molecule has 0 amide bonds. The molecular weight excluding hydrogens is 334 g/mol. The molecule has 0 bridgehead atoms. The van der Waals surface area contributed by atoms with Gasteiger partial charge in [-0.1, -0.05) is 17.7 Å². The third-order valence-electron chi connectivity index (χ3n) is 3.61. The van der Waals surface area contributed by atoms with E-state index in [9.17, 15) is 8.42 Å². The predicted molar refractivity (Wildman–Crippen MR) is 98.5 cm³/mol. The highest BCUT2D eigenvalue weighted by atomic mass is 32.2. The molecule has 0 fully saturated rings. The first-order chi connectivity index (χ1) is 12.1. The topological polar surface area (TPSA) is 71.4 Å². The van der Waals surface area contributed by atoms with Crippen LogP contribution >= 0.6 is 0 Å². The Bertz CT molecular complexity index is 965. The van der Waals surface area contributed by atoms with Crippen LogP contribution in [0.4, 0.5) is 5.69 Å². The van der Waals surface area contributed by atoms with Gasteiger partial charge in [0.2, 0.25) is 9.84 Å². The maximum absolute atomic E-state index is 12.6. The summed E-state index contributed by atoms with van der Waals surface area (Å²) in [4.78, 5) is 4.47. The van der Waals surface area contributed by atoms with E-state index in [1.807, 2.05) is 19.1 Å². The number of nitrogens with one attached hydrogen (secondary N) is 1. The maximum Gasteiger partial charge on any atom is 0.206 e. The number of hydrogen-bond acceptors (Lipinski definition) is 5. The molecule has 3 aromatic rings. The molecule has 0 aliphatic carbocycles. The number of benzene rings is 2. The molecule has 0 aliphatic rings. The van der Waals surface area contributed by atoms with Gasteiger partial charge in [-0.25, -0.2) is 8.42 Å². The molecule has 0 saturated carbocycles. The second kappa shape index (κ2) is 7.27. The highest BCUT2D eigenvalue weighted by molar-refractivity contribution is 7.91. The van der Waals surface area contributed by atoms with Gasteiger partial charge < -0.3 is 0 Å². The average molecular weight is 351 g/mol. The van der Waals surface area contributed by atoms with Crippen molar-refractivity contribution >= 4 is 21.7 Å². The molecule has 2 aromatic carbocycles. The van der Waals surface area contributed by atoms with Crippen LogP contribution in [0.15, 0.2) is 87.9 Å². The van der Waals surface area contributed by atoms with Gasteiger partial charge in [-0.05, 0) is 61.0 Å². The lowest BCUT2D eigenvalue weighted by atomic mass is 10.2. The van der Waals surface area contributed by atoms with Crippen molar-refractivity contribution in [3.8, 4) is 0 Å². The van der Waals surface area contributed by atoms with Gasteiger partial charge in [0.25, 0.3) is 0 Å². The zero-order chi connectivity index (χ0) is 17.7. The summed E-state index contributed by atoms with van der Waals surface area (Å²) in [7, 11) is -3.51. The van der Waals surface area contributed by atoms with Crippen LogP contribution in [0.25, 0.3) is 0 Å². The lowest BCUT2D eigenvalue weighted by Gasteiger charge is -2.06. The Morgan fingerprint density at radius 2 is 1.44 bits per heavy atom. The summed E-state index contributed by atoms with van der Waals surface area (Å²) in [6, 6.07) is 17.0. The SMILES string of the molecule is Cc1ccc(S(=O)(=O)c2ccc(N/N=C\c3ccncc3)cc2)cc1. The fourth-order valence-corrected chi connectivity index (χ4v) is 3.45. The number of pyridine rings is 1. The van der Waals surface area contributed by atoms with Crippen molar-refractivity contribution in [3.05, 3.63) is 84.2 Å². The number of aromatic nitrogens is 1. The molecule has 0 radical (unpaired) electrons. The normalized spacial score (nSPS) is 11.6. The van der Waals surface area contributed by atoms with Gasteiger partial charge in [0.1, 0.15) is 0 Å². The van der Waals surface area contributed by atoms with Crippen molar-refractivity contribution in [2.75, 3.05) is 5.43 Å². The zero-order valence-corrected chi connectivity index (χ0v) is 14.4. The fraction of sp³-hybridized carbons (Fsp3) is 0.0526. The molecule has 1 heterocycles. The lowest BCUT2D eigenvalue weighted by molar-refractivity contribution is 0.596. The molecule has 0 saturated heterocycles. The van der Waals surface area contributed by atoms with Gasteiger partial charge in [0.15, 0.2) is 0 Å². The van der Waals surface area contributed by atoms with Gasteiger partial charge in [0, 0.05) is 12.4 Å². The Kier molecular flexibility index (Phi) is 4.90. The van der Waals surface area contributed by atoms with Crippen molar-refractivity contribution in [1.82, 2.24) is 4.98 Å². The molecule has 0 spiro atoms. The van der Waals surface area contributed by atoms with Crippen LogP contribution in [0.2, 0.25) is 0 Å². The van der Waals surface area contributed by atoms with E-state index in [0.29, 0.717) is 5.69 Å². The van der Waals surface area contributed by atoms with Gasteiger partial charge in [-0.15, -0.1) is 0 Å². The Morgan fingerprint density at radius 1 is 0.880 bits per heavy atom. The summed E-state index contributed by atoms with van der Waals surface area (Å²) in [5.41, 5.74) is 5.51. The quantitative estimate of drug-likeness (QED) is 0.562. The summed E-state index contributed by atoms with van der Waals surface area (Å²) < 4.78 is 25.2. The highest BCUT2D eigenvalue weighted by Crippen LogP contribution is 2.22. The monoisotopic (exact) mass is 351 g/mol. The van der Waals surface area contributed by atoms with E-state index >= 15 is 0 Å². The smallest absolute Gasteiger partial charge is 0.206 e. The third kappa shape index (κ3) is 4.10. The Labute approximate surface area is 147 Å². The minimum absolute atomic E-state index is 0.250. The number of aryl methyl sites for hydroxylation is 1. The second-order valence-corrected chi connectivity index (χ2v) is 7.44. The number of rotatable bonds is 5. The van der Waals surface area contributed by atoms with Crippen molar-refractivity contribution in [3.63, 3.8) is 0 Å². The molecule has 0 atom stereocenters. The Balaban J connectivity index is 1.73. The number of sulfone groups is 1. The highest BCUT2D eigenvalue weighted by Gasteiger charge is 2.16. The number of anilines is 1. The summed E-state index contributed by atoms with van der Waals surface area (Å²) in [5.74, 6) is 0. The van der Waals surface area contributed by atoms with Crippen LogP contribution in [0.3, 0.4) is 0 Å². The molecule has 5 nitrogen and oxygen atoms in total. The van der Waals surface area contributed by atoms with Crippen molar-refractivity contribution in [2.45, 2.75) is 16.7 Å². The summed E-state index contributed by atoms with van der Waals surface area (Å²) in [6.45, 7) is 1.92. The fourth-order valence-electron chi connectivity index (χ4n) is 2.19. The molecular formula is C19H17N3O2S. The summed E-state index contributed by atoms with van der Waals surface area (Å²) >= 11 is 0. The van der Waals surface area contributed by atoms with Gasteiger partial charge in [0.05, 0.1) is 21.7 Å². The third-order valence-corrected chi connectivity index (χ3v) is 5.39. The Hall–Kier alpha value is -2.99. The first-order valence-electron chi connectivity index (χ1n) is 7.67. The molecule has 1 aromatic heterocycles. The minimum Gasteiger partial charge on any atom is -0.279 e. The number of hydrazone groups is 1. The maximum atomic E-state index is 12.6. The molecule has 126 valence electrons. The van der Waals surface area contributed by atoms with Crippen LogP contribution < -0.4 is 5.43 Å².